The van der Waals surface area contributed by atoms with Crippen LogP contribution in [-0.4, -0.2) is 107 Å². The summed E-state index contributed by atoms with van der Waals surface area (Å²) < 4.78 is 47.2. The highest BCUT2D eigenvalue weighted by atomic mass is 32.3. The fourth-order valence-electron chi connectivity index (χ4n) is 5.53. The molecule has 1 heterocycles. The summed E-state index contributed by atoms with van der Waals surface area (Å²) in [7, 11) is -5.12. The van der Waals surface area contributed by atoms with Gasteiger partial charge < -0.3 is 40.3 Å². The lowest BCUT2D eigenvalue weighted by molar-refractivity contribution is -0.298. The Morgan fingerprint density at radius 1 is 0.769 bits per heavy atom. The first-order valence-corrected chi connectivity index (χ1v) is 20.5. The van der Waals surface area contributed by atoms with Crippen LogP contribution in [0.2, 0.25) is 0 Å². The zero-order chi connectivity index (χ0) is 38.6. The van der Waals surface area contributed by atoms with Crippen molar-refractivity contribution >= 4 is 16.3 Å². The molecule has 0 aromatic carbocycles. The molecular formula is C38H67NO12S. The third-order valence-electron chi connectivity index (χ3n) is 8.67. The molecule has 0 bridgehead atoms. The Hall–Kier alpha value is -1.98. The van der Waals surface area contributed by atoms with Gasteiger partial charge in [-0.1, -0.05) is 107 Å². The molecule has 1 rings (SSSR count). The molecule has 7 N–H and O–H groups in total. The van der Waals surface area contributed by atoms with Gasteiger partial charge in [0, 0.05) is 0 Å². The van der Waals surface area contributed by atoms with Gasteiger partial charge in [0.1, 0.15) is 30.5 Å². The Bertz CT molecular complexity index is 1140. The molecule has 0 aromatic rings. The highest BCUT2D eigenvalue weighted by Gasteiger charge is 2.48. The number of ether oxygens (including phenoxy) is 2. The van der Waals surface area contributed by atoms with Crippen LogP contribution in [0, 0.1) is 0 Å². The van der Waals surface area contributed by atoms with Crippen molar-refractivity contribution in [3.8, 4) is 0 Å². The molecule has 0 aromatic heterocycles. The molecule has 1 fully saturated rings. The van der Waals surface area contributed by atoms with Gasteiger partial charge >= 0.3 is 10.4 Å². The minimum Gasteiger partial charge on any atom is -0.394 e. The van der Waals surface area contributed by atoms with Gasteiger partial charge in [0.2, 0.25) is 5.91 Å². The van der Waals surface area contributed by atoms with Crippen molar-refractivity contribution in [1.29, 1.82) is 0 Å². The summed E-state index contributed by atoms with van der Waals surface area (Å²) in [6.07, 6.45) is 20.8. The van der Waals surface area contributed by atoms with Crippen molar-refractivity contribution in [2.45, 2.75) is 172 Å². The fourth-order valence-corrected chi connectivity index (χ4v) is 6.04. The van der Waals surface area contributed by atoms with E-state index in [9.17, 15) is 38.7 Å². The zero-order valence-corrected chi connectivity index (χ0v) is 32.0. The Kier molecular flexibility index (Phi) is 27.1. The standard InChI is InChI=1S/C38H67NO12S/c1-3-5-7-9-11-13-15-16-17-19-20-22-24-26-31(41)30(39-37(45)32(42)27-25-23-21-18-14-12-10-8-6-4-2)29-49-38-35(44)36(51-52(46,47)48)34(43)33(28-40)50-38/h10-13,17,19,24,26,30-36,38,40-44H,3-9,14-16,18,20-23,25,27-29H2,1-2H3,(H,39,45)(H,46,47,48)/b12-10-,13-11+,19-17+,26-24+. The van der Waals surface area contributed by atoms with Crippen LogP contribution >= 0.6 is 0 Å². The number of hydrogen-bond acceptors (Lipinski definition) is 11. The molecule has 1 amide bonds. The normalized spacial score (nSPS) is 23.3. The maximum atomic E-state index is 13.0. The van der Waals surface area contributed by atoms with Crippen molar-refractivity contribution in [3.05, 3.63) is 48.6 Å². The summed E-state index contributed by atoms with van der Waals surface area (Å²) in [5, 5.41) is 54.7. The van der Waals surface area contributed by atoms with Crippen LogP contribution < -0.4 is 5.32 Å². The Balaban J connectivity index is 2.78. The van der Waals surface area contributed by atoms with Crippen LogP contribution in [-0.2, 0) is 28.9 Å². The van der Waals surface area contributed by atoms with Crippen LogP contribution in [0.4, 0.5) is 0 Å². The molecular weight excluding hydrogens is 694 g/mol. The number of carbonyl (C=O) groups is 1. The molecule has 52 heavy (non-hydrogen) atoms. The van der Waals surface area contributed by atoms with Crippen LogP contribution in [0.25, 0.3) is 0 Å². The molecule has 1 saturated heterocycles. The SMILES string of the molecule is CCCC/C=C\CCCCCCC(O)C(=O)NC(COC1OC(CO)C(O)C(OS(=O)(=O)O)C1O)C(O)/C=C/CC/C=C/CC/C=C/CCCCC. The lowest BCUT2D eigenvalue weighted by Crippen LogP contribution is -2.61. The summed E-state index contributed by atoms with van der Waals surface area (Å²) in [5.74, 6) is -0.733. The van der Waals surface area contributed by atoms with E-state index < -0.39 is 78.5 Å². The molecule has 0 spiro atoms. The first-order valence-electron chi connectivity index (χ1n) is 19.1. The van der Waals surface area contributed by atoms with E-state index in [0.29, 0.717) is 12.8 Å². The number of rotatable bonds is 30. The maximum Gasteiger partial charge on any atom is 0.397 e. The minimum absolute atomic E-state index is 0.216. The van der Waals surface area contributed by atoms with Crippen molar-refractivity contribution in [1.82, 2.24) is 5.32 Å². The van der Waals surface area contributed by atoms with E-state index in [1.54, 1.807) is 6.08 Å². The van der Waals surface area contributed by atoms with Gasteiger partial charge in [-0.15, -0.1) is 0 Å². The van der Waals surface area contributed by atoms with E-state index in [4.69, 9.17) is 14.0 Å². The van der Waals surface area contributed by atoms with E-state index in [-0.39, 0.29) is 6.42 Å². The first-order chi connectivity index (χ1) is 24.9. The van der Waals surface area contributed by atoms with Crippen molar-refractivity contribution in [3.63, 3.8) is 0 Å². The van der Waals surface area contributed by atoms with Gasteiger partial charge in [-0.05, 0) is 64.2 Å². The number of aliphatic hydroxyl groups is 5. The van der Waals surface area contributed by atoms with Gasteiger partial charge in [0.25, 0.3) is 0 Å². The number of nitrogens with one attached hydrogen (secondary N) is 1. The predicted molar refractivity (Wildman–Crippen MR) is 200 cm³/mol. The number of hydrogen-bond donors (Lipinski definition) is 7. The van der Waals surface area contributed by atoms with Crippen molar-refractivity contribution in [2.24, 2.45) is 0 Å². The Morgan fingerprint density at radius 3 is 1.88 bits per heavy atom. The van der Waals surface area contributed by atoms with Gasteiger partial charge in [0.15, 0.2) is 6.29 Å². The number of carbonyl (C=O) groups excluding carboxylic acids is 1. The molecule has 1 aliphatic heterocycles. The third-order valence-corrected chi connectivity index (χ3v) is 9.13. The quantitative estimate of drug-likeness (QED) is 0.0301. The van der Waals surface area contributed by atoms with Gasteiger partial charge in [-0.2, -0.15) is 8.42 Å². The molecule has 0 radical (unpaired) electrons. The van der Waals surface area contributed by atoms with Crippen LogP contribution in [0.5, 0.6) is 0 Å². The largest absolute Gasteiger partial charge is 0.397 e. The predicted octanol–water partition coefficient (Wildman–Crippen LogP) is 4.73. The Labute approximate surface area is 311 Å². The van der Waals surface area contributed by atoms with E-state index >= 15 is 0 Å². The van der Waals surface area contributed by atoms with E-state index in [2.05, 4.69) is 59.8 Å². The second-order valence-electron chi connectivity index (χ2n) is 13.3. The third kappa shape index (κ3) is 22.3. The lowest BCUT2D eigenvalue weighted by atomic mass is 9.99. The smallest absolute Gasteiger partial charge is 0.394 e. The van der Waals surface area contributed by atoms with Crippen molar-refractivity contribution in [2.75, 3.05) is 13.2 Å². The van der Waals surface area contributed by atoms with Gasteiger partial charge in [-0.3, -0.25) is 9.35 Å². The molecule has 14 heteroatoms. The number of unbranched alkanes of at least 4 members (excludes halogenated alkanes) is 11. The second-order valence-corrected chi connectivity index (χ2v) is 14.3. The number of allylic oxidation sites excluding steroid dienone is 7. The zero-order valence-electron chi connectivity index (χ0n) is 31.2. The Morgan fingerprint density at radius 2 is 1.31 bits per heavy atom. The van der Waals surface area contributed by atoms with Crippen molar-refractivity contribution < 1.29 is 57.0 Å². The van der Waals surface area contributed by atoms with E-state index in [0.717, 1.165) is 57.8 Å². The lowest BCUT2D eigenvalue weighted by Gasteiger charge is -2.41. The number of aliphatic hydroxyl groups excluding tert-OH is 5. The number of amides is 1. The van der Waals surface area contributed by atoms with Gasteiger partial charge in [-0.25, -0.2) is 4.18 Å². The summed E-state index contributed by atoms with van der Waals surface area (Å²) in [6.45, 7) is 3.05. The first kappa shape index (κ1) is 48.0. The van der Waals surface area contributed by atoms with Crippen LogP contribution in [0.1, 0.15) is 123 Å². The molecule has 1 aliphatic rings. The molecule has 13 nitrogen and oxygen atoms in total. The highest BCUT2D eigenvalue weighted by molar-refractivity contribution is 7.80. The van der Waals surface area contributed by atoms with Gasteiger partial charge in [0.05, 0.1) is 25.4 Å². The summed E-state index contributed by atoms with van der Waals surface area (Å²) >= 11 is 0. The van der Waals surface area contributed by atoms with Crippen LogP contribution in [0.15, 0.2) is 48.6 Å². The average Bonchev–Trinajstić information content (AvgIpc) is 3.11. The summed E-state index contributed by atoms with van der Waals surface area (Å²) in [6, 6.07) is -1.14. The topological polar surface area (TPSA) is 212 Å². The molecule has 302 valence electrons. The molecule has 8 atom stereocenters. The monoisotopic (exact) mass is 761 g/mol. The molecule has 8 unspecified atom stereocenters. The van der Waals surface area contributed by atoms with E-state index in [1.165, 1.54) is 38.2 Å². The summed E-state index contributed by atoms with van der Waals surface area (Å²) in [4.78, 5) is 13.0. The fraction of sp³-hybridized carbons (Fsp3) is 0.763. The van der Waals surface area contributed by atoms with Crippen LogP contribution in [0.3, 0.4) is 0 Å². The molecule has 0 saturated carbocycles. The second kappa shape index (κ2) is 29.4. The highest BCUT2D eigenvalue weighted by Crippen LogP contribution is 2.26. The van der Waals surface area contributed by atoms with E-state index in [1.807, 2.05) is 0 Å². The minimum atomic E-state index is -5.12. The summed E-state index contributed by atoms with van der Waals surface area (Å²) in [5.41, 5.74) is 0. The maximum absolute atomic E-state index is 13.0. The molecule has 0 aliphatic carbocycles. The average molecular weight is 762 g/mol.